The molecule has 2 saturated heterocycles. The summed E-state index contributed by atoms with van der Waals surface area (Å²) in [6.07, 6.45) is -0.0308. The van der Waals surface area contributed by atoms with Crippen LogP contribution < -0.4 is 5.32 Å². The van der Waals surface area contributed by atoms with Gasteiger partial charge < -0.3 is 10.2 Å². The number of carbonyl (C=O) groups excluding carboxylic acids is 5. The van der Waals surface area contributed by atoms with Gasteiger partial charge in [0.25, 0.3) is 17.7 Å². The number of nitrogens with one attached hydrogen (secondary N) is 1. The van der Waals surface area contributed by atoms with Crippen molar-refractivity contribution >= 4 is 29.7 Å². The monoisotopic (exact) mass is 435 g/mol. The highest BCUT2D eigenvalue weighted by molar-refractivity contribution is 6.09. The molecule has 5 amide bonds. The van der Waals surface area contributed by atoms with Crippen LogP contribution in [-0.2, 0) is 29.6 Å². The zero-order valence-electron chi connectivity index (χ0n) is 17.2. The van der Waals surface area contributed by atoms with Gasteiger partial charge in [-0.1, -0.05) is 60.7 Å². The largest absolute Gasteiger partial charge is 0.333 e. The molecule has 0 aromatic heterocycles. The number of benzene rings is 2. The van der Waals surface area contributed by atoms with Crippen LogP contribution in [0, 0.1) is 0 Å². The number of nitrogens with zero attached hydrogens (tertiary/aromatic N) is 2. The van der Waals surface area contributed by atoms with E-state index in [0.29, 0.717) is 16.2 Å². The van der Waals surface area contributed by atoms with E-state index >= 15 is 0 Å². The molecule has 0 radical (unpaired) electrons. The topological polar surface area (TPSA) is 113 Å². The molecule has 2 aromatic rings. The lowest BCUT2D eigenvalue weighted by Gasteiger charge is -2.28. The number of rotatable bonds is 7. The van der Waals surface area contributed by atoms with Gasteiger partial charge in [0.05, 0.1) is 0 Å². The molecule has 32 heavy (non-hydrogen) atoms. The molecule has 0 bridgehead atoms. The van der Waals surface area contributed by atoms with Crippen molar-refractivity contribution in [3.63, 3.8) is 0 Å². The van der Waals surface area contributed by atoms with Crippen LogP contribution >= 0.6 is 0 Å². The molecule has 0 unspecified atom stereocenters. The molecule has 2 aromatic carbocycles. The summed E-state index contributed by atoms with van der Waals surface area (Å²) in [5.41, 5.74) is -0.121. The van der Waals surface area contributed by atoms with Crippen molar-refractivity contribution < 1.29 is 28.8 Å². The fraction of sp³-hybridized carbons (Fsp3) is 0.261. The molecule has 0 saturated carbocycles. The maximum atomic E-state index is 13.5. The third-order valence-corrected chi connectivity index (χ3v) is 5.48. The van der Waals surface area contributed by atoms with Gasteiger partial charge in [0.2, 0.25) is 0 Å². The number of carbonyl (C=O) groups is 5. The maximum Gasteiger partial charge on any atom is 0.333 e. The minimum Gasteiger partial charge on any atom is -0.330 e. The van der Waals surface area contributed by atoms with Crippen molar-refractivity contribution in [2.24, 2.45) is 0 Å². The average molecular weight is 435 g/mol. The third-order valence-electron chi connectivity index (χ3n) is 5.48. The first-order valence-electron chi connectivity index (χ1n) is 10.3. The zero-order valence-corrected chi connectivity index (χ0v) is 17.2. The smallest absolute Gasteiger partial charge is 0.330 e. The Morgan fingerprint density at radius 2 is 1.41 bits per heavy atom. The van der Waals surface area contributed by atoms with E-state index in [1.54, 1.807) is 48.5 Å². The molecule has 4 rings (SSSR count). The van der Waals surface area contributed by atoms with Gasteiger partial charge in [0.1, 0.15) is 0 Å². The molecule has 0 aliphatic carbocycles. The fourth-order valence-electron chi connectivity index (χ4n) is 3.90. The van der Waals surface area contributed by atoms with E-state index in [2.05, 4.69) is 5.32 Å². The van der Waals surface area contributed by atoms with E-state index in [0.717, 1.165) is 4.90 Å². The first-order valence-corrected chi connectivity index (χ1v) is 10.3. The van der Waals surface area contributed by atoms with Crippen molar-refractivity contribution in [3.8, 4) is 0 Å². The predicted molar refractivity (Wildman–Crippen MR) is 110 cm³/mol. The Kier molecular flexibility index (Phi) is 5.72. The van der Waals surface area contributed by atoms with Gasteiger partial charge in [-0.2, -0.15) is 0 Å². The minimum absolute atomic E-state index is 0.00954. The van der Waals surface area contributed by atoms with E-state index in [-0.39, 0.29) is 32.2 Å². The highest BCUT2D eigenvalue weighted by Gasteiger charge is 2.53. The van der Waals surface area contributed by atoms with Crippen molar-refractivity contribution in [1.82, 2.24) is 15.3 Å². The third kappa shape index (κ3) is 3.73. The Labute approximate surface area is 183 Å². The molecule has 2 aliphatic rings. The SMILES string of the molecule is O=C(CCCN1C(=O)NC(c2ccccc2)(c2ccccc2)C1=O)ON1C(=O)CCC1=O. The number of urea groups is 1. The van der Waals surface area contributed by atoms with Gasteiger partial charge in [-0.15, -0.1) is 5.06 Å². The van der Waals surface area contributed by atoms with Crippen LogP contribution in [0.4, 0.5) is 4.79 Å². The van der Waals surface area contributed by atoms with Gasteiger partial charge in [0.15, 0.2) is 5.54 Å². The minimum atomic E-state index is -1.37. The summed E-state index contributed by atoms with van der Waals surface area (Å²) in [5, 5.41) is 3.31. The van der Waals surface area contributed by atoms with Crippen LogP contribution in [-0.4, -0.2) is 46.2 Å². The summed E-state index contributed by atoms with van der Waals surface area (Å²) in [6, 6.07) is 17.3. The van der Waals surface area contributed by atoms with E-state index in [4.69, 9.17) is 4.84 Å². The molecule has 164 valence electrons. The van der Waals surface area contributed by atoms with Crippen molar-refractivity contribution in [2.75, 3.05) is 6.54 Å². The lowest BCUT2D eigenvalue weighted by Crippen LogP contribution is -2.45. The first-order chi connectivity index (χ1) is 15.4. The maximum absolute atomic E-state index is 13.5. The van der Waals surface area contributed by atoms with Crippen LogP contribution in [0.5, 0.6) is 0 Å². The zero-order chi connectivity index (χ0) is 22.7. The van der Waals surface area contributed by atoms with Crippen LogP contribution in [0.15, 0.2) is 60.7 Å². The van der Waals surface area contributed by atoms with E-state index in [9.17, 15) is 24.0 Å². The summed E-state index contributed by atoms with van der Waals surface area (Å²) in [4.78, 5) is 67.3. The number of amides is 5. The van der Waals surface area contributed by atoms with Gasteiger partial charge in [-0.3, -0.25) is 19.3 Å². The van der Waals surface area contributed by atoms with Crippen molar-refractivity contribution in [2.45, 2.75) is 31.2 Å². The molecule has 0 atom stereocenters. The standard InChI is InChI=1S/C23H21N3O6/c27-18-13-14-19(28)26(18)32-20(29)12-7-15-25-21(30)23(24-22(25)31,16-8-3-1-4-9-16)17-10-5-2-6-11-17/h1-6,8-11H,7,12-15H2,(H,24,31). The molecule has 2 aliphatic heterocycles. The lowest BCUT2D eigenvalue weighted by atomic mass is 9.82. The molecule has 2 heterocycles. The van der Waals surface area contributed by atoms with Crippen LogP contribution in [0.3, 0.4) is 0 Å². The Morgan fingerprint density at radius 1 is 0.875 bits per heavy atom. The van der Waals surface area contributed by atoms with Crippen LogP contribution in [0.25, 0.3) is 0 Å². The van der Waals surface area contributed by atoms with Crippen LogP contribution in [0.1, 0.15) is 36.8 Å². The molecular formula is C23H21N3O6. The first kappa shape index (κ1) is 21.2. The second kappa shape index (κ2) is 8.62. The second-order valence-corrected chi connectivity index (χ2v) is 7.52. The number of hydrogen-bond donors (Lipinski definition) is 1. The molecule has 9 heteroatoms. The summed E-state index contributed by atoms with van der Waals surface area (Å²) in [5.74, 6) is -2.35. The average Bonchev–Trinajstić information content (AvgIpc) is 3.26. The Balaban J connectivity index is 1.47. The van der Waals surface area contributed by atoms with Gasteiger partial charge in [-0.25, -0.2) is 9.59 Å². The Morgan fingerprint density at radius 3 is 1.94 bits per heavy atom. The summed E-state index contributed by atoms with van der Waals surface area (Å²) in [7, 11) is 0. The summed E-state index contributed by atoms with van der Waals surface area (Å²) < 4.78 is 0. The number of hydroxylamine groups is 2. The predicted octanol–water partition coefficient (Wildman–Crippen LogP) is 1.87. The Bertz CT molecular complexity index is 1010. The van der Waals surface area contributed by atoms with E-state index in [1.165, 1.54) is 0 Å². The quantitative estimate of drug-likeness (QED) is 0.525. The summed E-state index contributed by atoms with van der Waals surface area (Å²) in [6.45, 7) is -0.0247. The highest BCUT2D eigenvalue weighted by Crippen LogP contribution is 2.36. The van der Waals surface area contributed by atoms with Gasteiger partial charge >= 0.3 is 12.0 Å². The number of imide groups is 2. The number of hydrogen-bond acceptors (Lipinski definition) is 6. The molecular weight excluding hydrogens is 414 g/mol. The van der Waals surface area contributed by atoms with Crippen molar-refractivity contribution in [3.05, 3.63) is 71.8 Å². The van der Waals surface area contributed by atoms with Gasteiger partial charge in [-0.05, 0) is 17.5 Å². The molecule has 2 fully saturated rings. The van der Waals surface area contributed by atoms with Crippen LogP contribution in [0.2, 0.25) is 0 Å². The second-order valence-electron chi connectivity index (χ2n) is 7.52. The normalized spacial score (nSPS) is 17.6. The van der Waals surface area contributed by atoms with Gasteiger partial charge in [0, 0.05) is 25.8 Å². The van der Waals surface area contributed by atoms with E-state index in [1.807, 2.05) is 12.1 Å². The molecule has 0 spiro atoms. The fourth-order valence-corrected chi connectivity index (χ4v) is 3.90. The molecule has 1 N–H and O–H groups in total. The highest BCUT2D eigenvalue weighted by atomic mass is 16.7. The lowest BCUT2D eigenvalue weighted by molar-refractivity contribution is -0.197. The Hall–Kier alpha value is -4.01. The summed E-state index contributed by atoms with van der Waals surface area (Å²) >= 11 is 0. The van der Waals surface area contributed by atoms with E-state index < -0.39 is 35.3 Å². The molecule has 9 nitrogen and oxygen atoms in total. The van der Waals surface area contributed by atoms with Crippen molar-refractivity contribution in [1.29, 1.82) is 0 Å².